The topological polar surface area (TPSA) is 46.5 Å². The number of nitrogens with one attached hydrogen (secondary N) is 1. The number of imidazole rings is 1. The molecule has 0 aliphatic rings. The Bertz CT molecular complexity index is 890. The van der Waals surface area contributed by atoms with Gasteiger partial charge in [0.05, 0.1) is 27.4 Å². The van der Waals surface area contributed by atoms with E-state index >= 15 is 0 Å². The quantitative estimate of drug-likeness (QED) is 0.596. The van der Waals surface area contributed by atoms with E-state index in [1.54, 1.807) is 6.20 Å². The fourth-order valence-electron chi connectivity index (χ4n) is 2.39. The number of nitrogens with zero attached hydrogens (tertiary/aromatic N) is 3. The van der Waals surface area contributed by atoms with Gasteiger partial charge in [0.25, 0.3) is 0 Å². The van der Waals surface area contributed by atoms with Crippen molar-refractivity contribution in [3.63, 3.8) is 0 Å². The van der Waals surface area contributed by atoms with Gasteiger partial charge in [-0.1, -0.05) is 24.3 Å². The Morgan fingerprint density at radius 2 is 1.81 bits per heavy atom. The zero-order chi connectivity index (χ0) is 14.2. The van der Waals surface area contributed by atoms with Crippen molar-refractivity contribution >= 4 is 27.0 Å². The van der Waals surface area contributed by atoms with Gasteiger partial charge in [0.15, 0.2) is 0 Å². The monoisotopic (exact) mass is 338 g/mol. The Balaban J connectivity index is 1.92. The Hall–Kier alpha value is -2.40. The minimum atomic E-state index is 0.846. The maximum Gasteiger partial charge on any atom is 0.140 e. The fraction of sp³-hybridized carbons (Fsp3) is 0. The van der Waals surface area contributed by atoms with E-state index in [4.69, 9.17) is 0 Å². The summed E-state index contributed by atoms with van der Waals surface area (Å²) in [6, 6.07) is 16.1. The highest BCUT2D eigenvalue weighted by Crippen LogP contribution is 2.26. The van der Waals surface area contributed by atoms with Crippen molar-refractivity contribution in [1.82, 2.24) is 19.7 Å². The number of hydrogen-bond acceptors (Lipinski definition) is 2. The van der Waals surface area contributed by atoms with Crippen LogP contribution in [0.3, 0.4) is 0 Å². The molecule has 21 heavy (non-hydrogen) atoms. The number of rotatable bonds is 2. The average molecular weight is 339 g/mol. The van der Waals surface area contributed by atoms with Crippen LogP contribution in [-0.2, 0) is 0 Å². The Kier molecular flexibility index (Phi) is 2.86. The summed E-state index contributed by atoms with van der Waals surface area (Å²) in [6.07, 6.45) is 3.71. The first-order chi connectivity index (χ1) is 10.3. The summed E-state index contributed by atoms with van der Waals surface area (Å²) in [6.45, 7) is 0. The van der Waals surface area contributed by atoms with Crippen LogP contribution in [0.15, 0.2) is 65.4 Å². The first-order valence-corrected chi connectivity index (χ1v) is 7.35. The van der Waals surface area contributed by atoms with Crippen LogP contribution >= 0.6 is 15.9 Å². The van der Waals surface area contributed by atoms with E-state index in [2.05, 4.69) is 31.0 Å². The molecular formula is C16H11BrN4. The van der Waals surface area contributed by atoms with Gasteiger partial charge in [-0.2, -0.15) is 5.10 Å². The smallest absolute Gasteiger partial charge is 0.140 e. The standard InChI is InChI=1S/C16H11BrN4/c17-11-9-18-21(10-11)15-8-4-1-5-12(15)16-19-13-6-2-3-7-14(13)20-16/h1-10H,(H,19,20). The molecule has 2 aromatic heterocycles. The zero-order valence-corrected chi connectivity index (χ0v) is 12.6. The van der Waals surface area contributed by atoms with Crippen molar-refractivity contribution in [3.8, 4) is 17.1 Å². The van der Waals surface area contributed by atoms with Crippen molar-refractivity contribution < 1.29 is 0 Å². The summed E-state index contributed by atoms with van der Waals surface area (Å²) in [4.78, 5) is 8.03. The van der Waals surface area contributed by atoms with E-state index in [0.717, 1.165) is 32.6 Å². The van der Waals surface area contributed by atoms with Crippen molar-refractivity contribution in [2.75, 3.05) is 0 Å². The first kappa shape index (κ1) is 12.3. The maximum absolute atomic E-state index is 4.67. The molecule has 2 aromatic carbocycles. The molecular weight excluding hydrogens is 328 g/mol. The molecule has 0 fully saturated rings. The van der Waals surface area contributed by atoms with Crippen LogP contribution in [0.4, 0.5) is 0 Å². The summed E-state index contributed by atoms with van der Waals surface area (Å²) in [5.41, 5.74) is 4.00. The first-order valence-electron chi connectivity index (χ1n) is 6.56. The third kappa shape index (κ3) is 2.15. The molecule has 0 atom stereocenters. The normalized spacial score (nSPS) is 11.1. The zero-order valence-electron chi connectivity index (χ0n) is 11.0. The number of hydrogen-bond donors (Lipinski definition) is 1. The lowest BCUT2D eigenvalue weighted by Gasteiger charge is -2.06. The number of aromatic nitrogens is 4. The van der Waals surface area contributed by atoms with E-state index < -0.39 is 0 Å². The molecule has 1 N–H and O–H groups in total. The molecule has 0 radical (unpaired) electrons. The second kappa shape index (κ2) is 4.86. The highest BCUT2D eigenvalue weighted by atomic mass is 79.9. The largest absolute Gasteiger partial charge is 0.338 e. The maximum atomic E-state index is 4.67. The highest BCUT2D eigenvalue weighted by molar-refractivity contribution is 9.10. The summed E-state index contributed by atoms with van der Waals surface area (Å²) in [5.74, 6) is 0.846. The Morgan fingerprint density at radius 3 is 2.62 bits per heavy atom. The minimum absolute atomic E-state index is 0.846. The Labute approximate surface area is 129 Å². The van der Waals surface area contributed by atoms with Crippen molar-refractivity contribution in [1.29, 1.82) is 0 Å². The van der Waals surface area contributed by atoms with Crippen LogP contribution in [0.1, 0.15) is 0 Å². The van der Waals surface area contributed by atoms with Gasteiger partial charge in [-0.05, 0) is 40.2 Å². The van der Waals surface area contributed by atoms with E-state index in [9.17, 15) is 0 Å². The van der Waals surface area contributed by atoms with Crippen LogP contribution in [0.25, 0.3) is 28.1 Å². The third-order valence-corrected chi connectivity index (χ3v) is 3.76. The molecule has 102 valence electrons. The predicted molar refractivity (Wildman–Crippen MR) is 86.4 cm³/mol. The molecule has 0 saturated heterocycles. The molecule has 5 heteroatoms. The van der Waals surface area contributed by atoms with Gasteiger partial charge in [-0.15, -0.1) is 0 Å². The molecule has 2 heterocycles. The van der Waals surface area contributed by atoms with Gasteiger partial charge in [-0.3, -0.25) is 0 Å². The van der Waals surface area contributed by atoms with Gasteiger partial charge in [0, 0.05) is 11.8 Å². The number of halogens is 1. The summed E-state index contributed by atoms with van der Waals surface area (Å²) in [5, 5.41) is 4.35. The molecule has 0 aliphatic carbocycles. The Morgan fingerprint density at radius 1 is 1.00 bits per heavy atom. The van der Waals surface area contributed by atoms with Gasteiger partial charge < -0.3 is 4.98 Å². The molecule has 0 aliphatic heterocycles. The second-order valence-electron chi connectivity index (χ2n) is 4.72. The number of fused-ring (bicyclic) bond motifs is 1. The minimum Gasteiger partial charge on any atom is -0.338 e. The van der Waals surface area contributed by atoms with Crippen LogP contribution in [0.2, 0.25) is 0 Å². The summed E-state index contributed by atoms with van der Waals surface area (Å²) < 4.78 is 2.79. The molecule has 0 unspecified atom stereocenters. The van der Waals surface area contributed by atoms with E-state index in [1.165, 1.54) is 0 Å². The lowest BCUT2D eigenvalue weighted by Crippen LogP contribution is -1.97. The van der Waals surface area contributed by atoms with Crippen molar-refractivity contribution in [2.24, 2.45) is 0 Å². The predicted octanol–water partition coefficient (Wildman–Crippen LogP) is 4.18. The lowest BCUT2D eigenvalue weighted by atomic mass is 10.1. The number of para-hydroxylation sites is 3. The SMILES string of the molecule is Brc1cnn(-c2ccccc2-c2nc3ccccc3[nH]2)c1. The van der Waals surface area contributed by atoms with Crippen LogP contribution in [-0.4, -0.2) is 19.7 Å². The summed E-state index contributed by atoms with van der Waals surface area (Å²) >= 11 is 3.43. The third-order valence-electron chi connectivity index (χ3n) is 3.35. The molecule has 0 bridgehead atoms. The molecule has 4 aromatic rings. The highest BCUT2D eigenvalue weighted by Gasteiger charge is 2.11. The fourth-order valence-corrected chi connectivity index (χ4v) is 2.67. The van der Waals surface area contributed by atoms with Crippen LogP contribution < -0.4 is 0 Å². The number of H-pyrrole nitrogens is 1. The van der Waals surface area contributed by atoms with E-state index in [0.29, 0.717) is 0 Å². The molecule has 0 amide bonds. The van der Waals surface area contributed by atoms with Crippen LogP contribution in [0.5, 0.6) is 0 Å². The summed E-state index contributed by atoms with van der Waals surface area (Å²) in [7, 11) is 0. The molecule has 0 saturated carbocycles. The van der Waals surface area contributed by atoms with E-state index in [1.807, 2.05) is 59.4 Å². The van der Waals surface area contributed by atoms with Crippen LogP contribution in [0, 0.1) is 0 Å². The van der Waals surface area contributed by atoms with Crippen molar-refractivity contribution in [2.45, 2.75) is 0 Å². The lowest BCUT2D eigenvalue weighted by molar-refractivity contribution is 0.881. The van der Waals surface area contributed by atoms with Gasteiger partial charge in [-0.25, -0.2) is 9.67 Å². The molecule has 4 nitrogen and oxygen atoms in total. The van der Waals surface area contributed by atoms with E-state index in [-0.39, 0.29) is 0 Å². The number of aromatic amines is 1. The van der Waals surface area contributed by atoms with Gasteiger partial charge in [0.1, 0.15) is 5.82 Å². The molecule has 0 spiro atoms. The van der Waals surface area contributed by atoms with Gasteiger partial charge >= 0.3 is 0 Å². The second-order valence-corrected chi connectivity index (χ2v) is 5.64. The number of benzene rings is 2. The average Bonchev–Trinajstić information content (AvgIpc) is 3.13. The molecule has 4 rings (SSSR count). The van der Waals surface area contributed by atoms with Gasteiger partial charge in [0.2, 0.25) is 0 Å². The van der Waals surface area contributed by atoms with Crippen molar-refractivity contribution in [3.05, 3.63) is 65.4 Å².